The first kappa shape index (κ1) is 17.1. The highest BCUT2D eigenvalue weighted by Crippen LogP contribution is 2.44. The fourth-order valence-electron chi connectivity index (χ4n) is 4.99. The van der Waals surface area contributed by atoms with E-state index in [1.165, 1.54) is 30.9 Å². The standard InChI is InChI=1S/C22H26N2O2/c1-15-13-17(14-21(25)23-15)22(26)24-12-11-18(16-7-3-2-4-8-16)19-9-5-6-10-20(19)24/h2-4,7-8,13-14,18-20H,5-6,9-12H2,1H3,(H,23,25)/t18-,19-,20-/m1/s1. The smallest absolute Gasteiger partial charge is 0.254 e. The van der Waals surface area contributed by atoms with Gasteiger partial charge in [-0.3, -0.25) is 9.59 Å². The van der Waals surface area contributed by atoms with E-state index in [4.69, 9.17) is 0 Å². The minimum atomic E-state index is -0.201. The third-order valence-electron chi connectivity index (χ3n) is 6.09. The zero-order valence-corrected chi connectivity index (χ0v) is 15.3. The molecule has 4 heteroatoms. The van der Waals surface area contributed by atoms with Gasteiger partial charge in [-0.25, -0.2) is 0 Å². The summed E-state index contributed by atoms with van der Waals surface area (Å²) < 4.78 is 0. The van der Waals surface area contributed by atoms with Crippen LogP contribution in [0.5, 0.6) is 0 Å². The molecule has 136 valence electrons. The molecule has 4 nitrogen and oxygen atoms in total. The highest BCUT2D eigenvalue weighted by molar-refractivity contribution is 5.94. The molecule has 2 heterocycles. The fraction of sp³-hybridized carbons (Fsp3) is 0.455. The minimum Gasteiger partial charge on any atom is -0.335 e. The molecule has 2 aromatic rings. The van der Waals surface area contributed by atoms with Gasteiger partial charge in [-0.15, -0.1) is 0 Å². The molecule has 1 aromatic carbocycles. The predicted molar refractivity (Wildman–Crippen MR) is 102 cm³/mol. The molecule has 0 bridgehead atoms. The van der Waals surface area contributed by atoms with Gasteiger partial charge in [0.05, 0.1) is 0 Å². The van der Waals surface area contributed by atoms with E-state index >= 15 is 0 Å². The maximum absolute atomic E-state index is 13.2. The number of hydrogen-bond acceptors (Lipinski definition) is 2. The summed E-state index contributed by atoms with van der Waals surface area (Å²) in [5, 5.41) is 0. The van der Waals surface area contributed by atoms with Crippen LogP contribution in [0.2, 0.25) is 0 Å². The molecule has 26 heavy (non-hydrogen) atoms. The van der Waals surface area contributed by atoms with E-state index in [1.54, 1.807) is 6.07 Å². The molecule has 1 aliphatic carbocycles. The highest BCUT2D eigenvalue weighted by Gasteiger charge is 2.41. The van der Waals surface area contributed by atoms with Gasteiger partial charge in [0.2, 0.25) is 5.56 Å². The van der Waals surface area contributed by atoms with Crippen molar-refractivity contribution in [3.05, 3.63) is 69.6 Å². The zero-order chi connectivity index (χ0) is 18.1. The van der Waals surface area contributed by atoms with Crippen molar-refractivity contribution < 1.29 is 4.79 Å². The third-order valence-corrected chi connectivity index (χ3v) is 6.09. The van der Waals surface area contributed by atoms with E-state index in [0.29, 0.717) is 17.4 Å². The molecule has 2 fully saturated rings. The van der Waals surface area contributed by atoms with Crippen LogP contribution in [0.15, 0.2) is 47.3 Å². The molecule has 0 unspecified atom stereocenters. The Morgan fingerprint density at radius 3 is 2.62 bits per heavy atom. The number of likely N-dealkylation sites (tertiary alicyclic amines) is 1. The first-order chi connectivity index (χ1) is 12.6. The lowest BCUT2D eigenvalue weighted by Gasteiger charge is -2.48. The molecule has 1 aromatic heterocycles. The van der Waals surface area contributed by atoms with Crippen LogP contribution >= 0.6 is 0 Å². The average molecular weight is 350 g/mol. The van der Waals surface area contributed by atoms with Gasteiger partial charge in [-0.05, 0) is 49.7 Å². The van der Waals surface area contributed by atoms with Crippen LogP contribution in [0, 0.1) is 12.8 Å². The van der Waals surface area contributed by atoms with Crippen LogP contribution in [0.4, 0.5) is 0 Å². The van der Waals surface area contributed by atoms with Gasteiger partial charge in [-0.2, -0.15) is 0 Å². The average Bonchev–Trinajstić information content (AvgIpc) is 2.66. The Balaban J connectivity index is 1.62. The number of nitrogens with zero attached hydrogens (tertiary/aromatic N) is 1. The maximum atomic E-state index is 13.2. The van der Waals surface area contributed by atoms with Crippen LogP contribution in [-0.2, 0) is 0 Å². The van der Waals surface area contributed by atoms with Crippen molar-refractivity contribution in [1.29, 1.82) is 0 Å². The van der Waals surface area contributed by atoms with Gasteiger partial charge in [0.25, 0.3) is 5.91 Å². The first-order valence-electron chi connectivity index (χ1n) is 9.70. The first-order valence-corrected chi connectivity index (χ1v) is 9.70. The summed E-state index contributed by atoms with van der Waals surface area (Å²) in [6.07, 6.45) is 5.68. The number of H-pyrrole nitrogens is 1. The molecule has 4 rings (SSSR count). The SMILES string of the molecule is Cc1cc(C(=O)N2CC[C@H](c3ccccc3)[C@H]3CCCC[C@H]32)cc(=O)[nH]1. The normalized spacial score (nSPS) is 25.6. The molecule has 1 amide bonds. The highest BCUT2D eigenvalue weighted by atomic mass is 16.2. The van der Waals surface area contributed by atoms with Gasteiger partial charge in [0, 0.05) is 29.9 Å². The zero-order valence-electron chi connectivity index (χ0n) is 15.3. The van der Waals surface area contributed by atoms with Crippen molar-refractivity contribution in [3.8, 4) is 0 Å². The lowest BCUT2D eigenvalue weighted by atomic mass is 9.69. The van der Waals surface area contributed by atoms with E-state index in [-0.39, 0.29) is 17.5 Å². The summed E-state index contributed by atoms with van der Waals surface area (Å²) in [5.74, 6) is 1.07. The van der Waals surface area contributed by atoms with Crippen molar-refractivity contribution in [2.24, 2.45) is 5.92 Å². The molecule has 2 aliphatic rings. The molecule has 0 spiro atoms. The van der Waals surface area contributed by atoms with Crippen LogP contribution in [0.3, 0.4) is 0 Å². The second kappa shape index (κ2) is 7.10. The largest absolute Gasteiger partial charge is 0.335 e. The molecular formula is C22H26N2O2. The number of carbonyl (C=O) groups is 1. The van der Waals surface area contributed by atoms with Crippen molar-refractivity contribution >= 4 is 5.91 Å². The van der Waals surface area contributed by atoms with Crippen LogP contribution < -0.4 is 5.56 Å². The summed E-state index contributed by atoms with van der Waals surface area (Å²) in [4.78, 5) is 29.7. The Hall–Kier alpha value is -2.36. The third kappa shape index (κ3) is 3.20. The van der Waals surface area contributed by atoms with Crippen molar-refractivity contribution in [2.45, 2.75) is 51.0 Å². The summed E-state index contributed by atoms with van der Waals surface area (Å²) in [7, 11) is 0. The number of aromatic nitrogens is 1. The second-order valence-corrected chi connectivity index (χ2v) is 7.74. The minimum absolute atomic E-state index is 0.0163. The van der Waals surface area contributed by atoms with E-state index in [1.807, 2.05) is 6.92 Å². The number of pyridine rings is 1. The van der Waals surface area contributed by atoms with Gasteiger partial charge in [-0.1, -0.05) is 43.2 Å². The Bertz CT molecular complexity index is 843. The Kier molecular flexibility index (Phi) is 4.66. The summed E-state index contributed by atoms with van der Waals surface area (Å²) in [6.45, 7) is 2.59. The summed E-state index contributed by atoms with van der Waals surface area (Å²) in [6, 6.07) is 14.3. The van der Waals surface area contributed by atoms with Crippen molar-refractivity contribution in [1.82, 2.24) is 9.88 Å². The van der Waals surface area contributed by atoms with Crippen LogP contribution in [0.25, 0.3) is 0 Å². The molecule has 0 radical (unpaired) electrons. The molecule has 1 saturated carbocycles. The molecular weight excluding hydrogens is 324 g/mol. The number of amides is 1. The number of fused-ring (bicyclic) bond motifs is 1. The quantitative estimate of drug-likeness (QED) is 0.894. The van der Waals surface area contributed by atoms with E-state index in [2.05, 4.69) is 40.2 Å². The summed E-state index contributed by atoms with van der Waals surface area (Å²) >= 11 is 0. The van der Waals surface area contributed by atoms with Crippen LogP contribution in [0.1, 0.15) is 59.6 Å². The number of nitrogens with one attached hydrogen (secondary N) is 1. The van der Waals surface area contributed by atoms with Crippen molar-refractivity contribution in [2.75, 3.05) is 6.54 Å². The van der Waals surface area contributed by atoms with E-state index in [0.717, 1.165) is 25.1 Å². The van der Waals surface area contributed by atoms with E-state index < -0.39 is 0 Å². The Labute approximate surface area is 154 Å². The number of carbonyl (C=O) groups excluding carboxylic acids is 1. The lowest BCUT2D eigenvalue weighted by molar-refractivity contribution is 0.0319. The fourth-order valence-corrected chi connectivity index (χ4v) is 4.99. The monoisotopic (exact) mass is 350 g/mol. The van der Waals surface area contributed by atoms with Gasteiger partial charge >= 0.3 is 0 Å². The van der Waals surface area contributed by atoms with Gasteiger partial charge < -0.3 is 9.88 Å². The Morgan fingerprint density at radius 1 is 1.08 bits per heavy atom. The molecule has 1 N–H and O–H groups in total. The van der Waals surface area contributed by atoms with Gasteiger partial charge in [0.1, 0.15) is 0 Å². The van der Waals surface area contributed by atoms with Gasteiger partial charge in [0.15, 0.2) is 0 Å². The summed E-state index contributed by atoms with van der Waals surface area (Å²) in [5.41, 5.74) is 2.46. The number of hydrogen-bond donors (Lipinski definition) is 1. The second-order valence-electron chi connectivity index (χ2n) is 7.74. The predicted octanol–water partition coefficient (Wildman–Crippen LogP) is 3.87. The van der Waals surface area contributed by atoms with Crippen LogP contribution in [-0.4, -0.2) is 28.4 Å². The lowest BCUT2D eigenvalue weighted by Crippen LogP contribution is -2.52. The molecule has 3 atom stereocenters. The molecule has 1 saturated heterocycles. The van der Waals surface area contributed by atoms with Crippen molar-refractivity contribution in [3.63, 3.8) is 0 Å². The maximum Gasteiger partial charge on any atom is 0.254 e. The molecule has 1 aliphatic heterocycles. The number of benzene rings is 1. The number of rotatable bonds is 2. The number of aryl methyl sites for hydroxylation is 1. The topological polar surface area (TPSA) is 53.2 Å². The van der Waals surface area contributed by atoms with E-state index in [9.17, 15) is 9.59 Å². The number of aromatic amines is 1. The Morgan fingerprint density at radius 2 is 1.85 bits per heavy atom. The number of piperidine rings is 1.